The molecule has 0 aliphatic rings. The van der Waals surface area contributed by atoms with E-state index in [1.807, 2.05) is 0 Å². The van der Waals surface area contributed by atoms with Crippen LogP contribution in [0.4, 0.5) is 25.0 Å². The van der Waals surface area contributed by atoms with Crippen LogP contribution in [0.25, 0.3) is 0 Å². The summed E-state index contributed by atoms with van der Waals surface area (Å²) in [5, 5.41) is 4.94. The molecule has 27 heavy (non-hydrogen) atoms. The predicted molar refractivity (Wildman–Crippen MR) is 94.3 cm³/mol. The number of ether oxygens (including phenoxy) is 3. The van der Waals surface area contributed by atoms with Crippen LogP contribution < -0.4 is 20.1 Å². The molecule has 0 radical (unpaired) electrons. The number of nitrogens with one attached hydrogen (secondary N) is 2. The van der Waals surface area contributed by atoms with Crippen LogP contribution in [0.2, 0.25) is 0 Å². The maximum atomic E-state index is 12.4. The number of halogens is 2. The van der Waals surface area contributed by atoms with Crippen LogP contribution in [-0.2, 0) is 9.53 Å². The Balaban J connectivity index is 1.92. The first-order valence-electron chi connectivity index (χ1n) is 7.98. The Bertz CT molecular complexity index is 786. The first kappa shape index (κ1) is 20.0. The standard InChI is InChI=1S/C18H18F2N2O5/c1-2-25-18(24)21-12-6-5-7-13(10-12)26-11-16(23)22-14-8-3-4-9-15(14)27-17(19)20/h3-10,17H,2,11H2,1H3,(H,21,24)(H,22,23). The monoisotopic (exact) mass is 380 g/mol. The zero-order valence-corrected chi connectivity index (χ0v) is 14.4. The Morgan fingerprint density at radius 1 is 1.07 bits per heavy atom. The van der Waals surface area contributed by atoms with Crippen molar-refractivity contribution in [1.29, 1.82) is 0 Å². The lowest BCUT2D eigenvalue weighted by molar-refractivity contribution is -0.118. The van der Waals surface area contributed by atoms with Crippen molar-refractivity contribution in [3.63, 3.8) is 0 Å². The van der Waals surface area contributed by atoms with Gasteiger partial charge >= 0.3 is 12.7 Å². The Hall–Kier alpha value is -3.36. The van der Waals surface area contributed by atoms with Crippen molar-refractivity contribution >= 4 is 23.4 Å². The van der Waals surface area contributed by atoms with Gasteiger partial charge in [0.1, 0.15) is 11.5 Å². The number of carbonyl (C=O) groups is 2. The Morgan fingerprint density at radius 2 is 1.85 bits per heavy atom. The smallest absolute Gasteiger partial charge is 0.411 e. The molecule has 7 nitrogen and oxygen atoms in total. The fourth-order valence-corrected chi connectivity index (χ4v) is 2.05. The van der Waals surface area contributed by atoms with Gasteiger partial charge in [-0.3, -0.25) is 10.1 Å². The van der Waals surface area contributed by atoms with Crippen LogP contribution in [-0.4, -0.2) is 31.8 Å². The topological polar surface area (TPSA) is 85.9 Å². The van der Waals surface area contributed by atoms with Crippen LogP contribution in [0, 0.1) is 0 Å². The molecule has 0 atom stereocenters. The highest BCUT2D eigenvalue weighted by molar-refractivity contribution is 5.93. The number of rotatable bonds is 8. The van der Waals surface area contributed by atoms with Crippen molar-refractivity contribution in [2.75, 3.05) is 23.8 Å². The molecule has 0 bridgehead atoms. The molecular formula is C18H18F2N2O5. The number of para-hydroxylation sites is 2. The van der Waals surface area contributed by atoms with E-state index in [1.165, 1.54) is 24.3 Å². The van der Waals surface area contributed by atoms with E-state index in [4.69, 9.17) is 9.47 Å². The van der Waals surface area contributed by atoms with Crippen molar-refractivity contribution in [2.45, 2.75) is 13.5 Å². The quantitative estimate of drug-likeness (QED) is 0.726. The summed E-state index contributed by atoms with van der Waals surface area (Å²) in [5.74, 6) is -0.387. The van der Waals surface area contributed by atoms with E-state index in [9.17, 15) is 18.4 Å². The third-order valence-corrected chi connectivity index (χ3v) is 3.10. The zero-order valence-electron chi connectivity index (χ0n) is 14.4. The predicted octanol–water partition coefficient (Wildman–Crippen LogP) is 3.87. The lowest BCUT2D eigenvalue weighted by atomic mass is 10.3. The molecule has 0 unspecified atom stereocenters. The van der Waals surface area contributed by atoms with Gasteiger partial charge in [-0.05, 0) is 31.2 Å². The van der Waals surface area contributed by atoms with Crippen LogP contribution in [0.3, 0.4) is 0 Å². The molecule has 0 aromatic heterocycles. The highest BCUT2D eigenvalue weighted by Gasteiger charge is 2.12. The largest absolute Gasteiger partial charge is 0.484 e. The van der Waals surface area contributed by atoms with Crippen molar-refractivity contribution in [3.8, 4) is 11.5 Å². The minimum absolute atomic E-state index is 0.101. The van der Waals surface area contributed by atoms with E-state index in [-0.39, 0.29) is 24.7 Å². The summed E-state index contributed by atoms with van der Waals surface area (Å²) in [6.45, 7) is -1.46. The van der Waals surface area contributed by atoms with E-state index in [0.717, 1.165) is 0 Å². The Labute approximate surface area is 154 Å². The lowest BCUT2D eigenvalue weighted by Crippen LogP contribution is -2.21. The second-order valence-electron chi connectivity index (χ2n) is 5.08. The molecule has 0 aliphatic heterocycles. The van der Waals surface area contributed by atoms with Crippen molar-refractivity contribution in [3.05, 3.63) is 48.5 Å². The van der Waals surface area contributed by atoms with E-state index >= 15 is 0 Å². The SMILES string of the molecule is CCOC(=O)Nc1cccc(OCC(=O)Nc2ccccc2OC(F)F)c1. The van der Waals surface area contributed by atoms with E-state index in [2.05, 4.69) is 15.4 Å². The third kappa shape index (κ3) is 6.81. The first-order chi connectivity index (χ1) is 13.0. The van der Waals surface area contributed by atoms with E-state index in [0.29, 0.717) is 11.4 Å². The minimum atomic E-state index is -3.01. The van der Waals surface area contributed by atoms with Gasteiger partial charge in [-0.25, -0.2) is 4.79 Å². The molecule has 0 spiro atoms. The zero-order chi connectivity index (χ0) is 19.6. The van der Waals surface area contributed by atoms with Crippen LogP contribution >= 0.6 is 0 Å². The minimum Gasteiger partial charge on any atom is -0.484 e. The highest BCUT2D eigenvalue weighted by atomic mass is 19.3. The molecule has 2 aromatic rings. The first-order valence-corrected chi connectivity index (χ1v) is 7.98. The number of anilines is 2. The number of carbonyl (C=O) groups excluding carboxylic acids is 2. The number of alkyl halides is 2. The van der Waals surface area contributed by atoms with Gasteiger partial charge in [0.25, 0.3) is 5.91 Å². The fourth-order valence-electron chi connectivity index (χ4n) is 2.05. The molecular weight excluding hydrogens is 362 g/mol. The molecule has 2 rings (SSSR count). The van der Waals surface area contributed by atoms with Gasteiger partial charge in [-0.15, -0.1) is 0 Å². The van der Waals surface area contributed by atoms with E-state index in [1.54, 1.807) is 31.2 Å². The fraction of sp³-hybridized carbons (Fsp3) is 0.222. The molecule has 9 heteroatoms. The maximum Gasteiger partial charge on any atom is 0.411 e. The van der Waals surface area contributed by atoms with E-state index < -0.39 is 18.6 Å². The molecule has 144 valence electrons. The average Bonchev–Trinajstić information content (AvgIpc) is 2.62. The average molecular weight is 380 g/mol. The summed E-state index contributed by atoms with van der Waals surface area (Å²) in [5.41, 5.74) is 0.533. The van der Waals surface area contributed by atoms with Crippen molar-refractivity contribution in [1.82, 2.24) is 0 Å². The Kier molecular flexibility index (Phi) is 7.36. The van der Waals surface area contributed by atoms with Crippen LogP contribution in [0.1, 0.15) is 6.92 Å². The molecule has 0 saturated heterocycles. The van der Waals surface area contributed by atoms with Gasteiger partial charge in [0.05, 0.1) is 12.3 Å². The summed E-state index contributed by atoms with van der Waals surface area (Å²) in [4.78, 5) is 23.4. The summed E-state index contributed by atoms with van der Waals surface area (Å²) < 4.78 is 39.2. The van der Waals surface area contributed by atoms with Gasteiger partial charge in [0, 0.05) is 11.8 Å². The molecule has 0 fully saturated rings. The van der Waals surface area contributed by atoms with Crippen LogP contribution in [0.15, 0.2) is 48.5 Å². The molecule has 0 aliphatic carbocycles. The van der Waals surface area contributed by atoms with Gasteiger partial charge < -0.3 is 19.5 Å². The summed E-state index contributed by atoms with van der Waals surface area (Å²) in [6.07, 6.45) is -0.608. The summed E-state index contributed by atoms with van der Waals surface area (Å²) >= 11 is 0. The molecule has 2 N–H and O–H groups in total. The third-order valence-electron chi connectivity index (χ3n) is 3.10. The van der Waals surface area contributed by atoms with Crippen LogP contribution in [0.5, 0.6) is 11.5 Å². The van der Waals surface area contributed by atoms with Gasteiger partial charge in [-0.2, -0.15) is 8.78 Å². The highest BCUT2D eigenvalue weighted by Crippen LogP contribution is 2.25. The Morgan fingerprint density at radius 3 is 2.59 bits per heavy atom. The number of benzene rings is 2. The molecule has 2 amide bonds. The summed E-state index contributed by atoms with van der Waals surface area (Å²) in [6, 6.07) is 12.2. The second kappa shape index (κ2) is 9.95. The van der Waals surface area contributed by atoms with Gasteiger partial charge in [-0.1, -0.05) is 18.2 Å². The summed E-state index contributed by atoms with van der Waals surface area (Å²) in [7, 11) is 0. The van der Waals surface area contributed by atoms with Crippen molar-refractivity contribution < 1.29 is 32.6 Å². The molecule has 0 saturated carbocycles. The van der Waals surface area contributed by atoms with Crippen molar-refractivity contribution in [2.24, 2.45) is 0 Å². The number of hydrogen-bond acceptors (Lipinski definition) is 5. The number of amides is 2. The number of hydrogen-bond donors (Lipinski definition) is 2. The second-order valence-corrected chi connectivity index (χ2v) is 5.08. The molecule has 0 heterocycles. The van der Waals surface area contributed by atoms with Gasteiger partial charge in [0.15, 0.2) is 6.61 Å². The molecule has 2 aromatic carbocycles. The maximum absolute atomic E-state index is 12.4. The normalized spacial score (nSPS) is 10.2. The lowest BCUT2D eigenvalue weighted by Gasteiger charge is -2.12. The van der Waals surface area contributed by atoms with Gasteiger partial charge in [0.2, 0.25) is 0 Å².